The number of nitrogens with zero attached hydrogens (tertiary/aromatic N) is 1. The van der Waals surface area contributed by atoms with Gasteiger partial charge in [0.15, 0.2) is 0 Å². The molecule has 3 rings (SSSR count). The number of carbonyl (C=O) groups excluding carboxylic acids is 1. The summed E-state index contributed by atoms with van der Waals surface area (Å²) >= 11 is 0. The van der Waals surface area contributed by atoms with Crippen molar-refractivity contribution in [3.63, 3.8) is 0 Å². The number of methoxy groups -OCH3 is 2. The maximum Gasteiger partial charge on any atom is 0.254 e. The Kier molecular flexibility index (Phi) is 6.62. The highest BCUT2D eigenvalue weighted by molar-refractivity contribution is 7.89. The highest BCUT2D eigenvalue weighted by Crippen LogP contribution is 2.30. The van der Waals surface area contributed by atoms with Crippen molar-refractivity contribution in [1.29, 1.82) is 0 Å². The molecule has 162 valence electrons. The summed E-state index contributed by atoms with van der Waals surface area (Å²) in [5, 5.41) is 0. The van der Waals surface area contributed by atoms with E-state index in [1.54, 1.807) is 17.0 Å². The summed E-state index contributed by atoms with van der Waals surface area (Å²) in [4.78, 5) is 14.6. The second-order valence-electron chi connectivity index (χ2n) is 7.15. The first-order valence-corrected chi connectivity index (χ1v) is 11.0. The fraction of sp³-hybridized carbons (Fsp3) is 0.381. The van der Waals surface area contributed by atoms with Gasteiger partial charge in [-0.15, -0.1) is 0 Å². The van der Waals surface area contributed by atoms with Crippen molar-refractivity contribution in [2.24, 2.45) is 0 Å². The summed E-state index contributed by atoms with van der Waals surface area (Å²) in [7, 11) is -0.670. The van der Waals surface area contributed by atoms with Crippen molar-refractivity contribution in [3.05, 3.63) is 53.3 Å². The molecule has 0 aromatic heterocycles. The lowest BCUT2D eigenvalue weighted by Gasteiger charge is -2.32. The molecule has 1 N–H and O–H groups in total. The van der Waals surface area contributed by atoms with E-state index in [4.69, 9.17) is 9.47 Å². The lowest BCUT2D eigenvalue weighted by atomic mass is 10.0. The zero-order valence-corrected chi connectivity index (χ0v) is 18.0. The van der Waals surface area contributed by atoms with E-state index >= 15 is 0 Å². The Morgan fingerprint density at radius 1 is 1.07 bits per heavy atom. The van der Waals surface area contributed by atoms with Crippen LogP contribution in [-0.2, 0) is 10.0 Å². The van der Waals surface area contributed by atoms with Crippen LogP contribution in [0.3, 0.4) is 0 Å². The van der Waals surface area contributed by atoms with Gasteiger partial charge < -0.3 is 14.4 Å². The summed E-state index contributed by atoms with van der Waals surface area (Å²) in [5.74, 6) is 0.482. The molecule has 0 unspecified atom stereocenters. The first kappa shape index (κ1) is 22.0. The molecule has 0 saturated carbocycles. The highest BCUT2D eigenvalue weighted by atomic mass is 32.2. The SMILES string of the molecule is COc1cc(C(=O)N2CCC(NS(=O)(=O)c3ccc(F)cc3)CC2)cc(OC)c1C. The first-order chi connectivity index (χ1) is 14.2. The van der Waals surface area contributed by atoms with Crippen molar-refractivity contribution in [3.8, 4) is 11.5 Å². The van der Waals surface area contributed by atoms with Crippen molar-refractivity contribution in [2.75, 3.05) is 27.3 Å². The quantitative estimate of drug-likeness (QED) is 0.753. The Balaban J connectivity index is 1.65. The van der Waals surface area contributed by atoms with Crippen LogP contribution >= 0.6 is 0 Å². The number of hydrogen-bond donors (Lipinski definition) is 1. The third-order valence-corrected chi connectivity index (χ3v) is 6.76. The van der Waals surface area contributed by atoms with Gasteiger partial charge in [0.05, 0.1) is 19.1 Å². The molecule has 0 bridgehead atoms. The third kappa shape index (κ3) is 4.73. The van der Waals surface area contributed by atoms with E-state index in [0.717, 1.165) is 17.7 Å². The van der Waals surface area contributed by atoms with Crippen molar-refractivity contribution >= 4 is 15.9 Å². The lowest BCUT2D eigenvalue weighted by molar-refractivity contribution is 0.0710. The van der Waals surface area contributed by atoms with Gasteiger partial charge in [0.25, 0.3) is 5.91 Å². The van der Waals surface area contributed by atoms with Crippen LogP contribution in [0.4, 0.5) is 4.39 Å². The number of nitrogens with one attached hydrogen (secondary N) is 1. The maximum absolute atomic E-state index is 13.0. The zero-order chi connectivity index (χ0) is 21.9. The lowest BCUT2D eigenvalue weighted by Crippen LogP contribution is -2.46. The molecule has 2 aromatic carbocycles. The molecule has 1 fully saturated rings. The third-order valence-electron chi connectivity index (χ3n) is 5.23. The summed E-state index contributed by atoms with van der Waals surface area (Å²) in [6.45, 7) is 2.67. The second-order valence-corrected chi connectivity index (χ2v) is 8.86. The van der Waals surface area contributed by atoms with Crippen molar-refractivity contribution < 1.29 is 27.1 Å². The number of hydrogen-bond acceptors (Lipinski definition) is 5. The number of ether oxygens (including phenoxy) is 2. The Hall–Kier alpha value is -2.65. The Morgan fingerprint density at radius 2 is 1.60 bits per heavy atom. The van der Waals surface area contributed by atoms with Crippen LogP contribution in [-0.4, -0.2) is 52.6 Å². The largest absolute Gasteiger partial charge is 0.496 e. The molecule has 1 aliphatic heterocycles. The van der Waals surface area contributed by atoms with E-state index in [1.165, 1.54) is 26.4 Å². The van der Waals surface area contributed by atoms with Gasteiger partial charge in [-0.05, 0) is 56.2 Å². The van der Waals surface area contributed by atoms with E-state index < -0.39 is 15.8 Å². The van der Waals surface area contributed by atoms with Crippen LogP contribution in [0.15, 0.2) is 41.3 Å². The van der Waals surface area contributed by atoms with Gasteiger partial charge >= 0.3 is 0 Å². The van der Waals surface area contributed by atoms with Crippen LogP contribution in [0, 0.1) is 12.7 Å². The molecule has 1 heterocycles. The van der Waals surface area contributed by atoms with E-state index in [0.29, 0.717) is 43.0 Å². The molecule has 0 atom stereocenters. The second kappa shape index (κ2) is 9.01. The fourth-order valence-electron chi connectivity index (χ4n) is 3.49. The molecule has 0 spiro atoms. The number of sulfonamides is 1. The Bertz CT molecular complexity index is 991. The van der Waals surface area contributed by atoms with Crippen LogP contribution in [0.5, 0.6) is 11.5 Å². The molecule has 2 aromatic rings. The molecular weight excluding hydrogens is 411 g/mol. The number of amides is 1. The molecule has 9 heteroatoms. The zero-order valence-electron chi connectivity index (χ0n) is 17.1. The Morgan fingerprint density at radius 3 is 2.10 bits per heavy atom. The van der Waals surface area contributed by atoms with E-state index in [1.807, 2.05) is 6.92 Å². The van der Waals surface area contributed by atoms with Gasteiger partial charge in [0.2, 0.25) is 10.0 Å². The van der Waals surface area contributed by atoms with Gasteiger partial charge in [0.1, 0.15) is 17.3 Å². The predicted octanol–water partition coefficient (Wildman–Crippen LogP) is 2.73. The van der Waals surface area contributed by atoms with Crippen LogP contribution < -0.4 is 14.2 Å². The molecule has 30 heavy (non-hydrogen) atoms. The minimum Gasteiger partial charge on any atom is -0.496 e. The van der Waals surface area contributed by atoms with Gasteiger partial charge in [-0.1, -0.05) is 0 Å². The summed E-state index contributed by atoms with van der Waals surface area (Å²) < 4.78 is 51.3. The minimum absolute atomic E-state index is 0.0150. The molecule has 0 radical (unpaired) electrons. The standard InChI is InChI=1S/C21H25FN2O5S/c1-14-19(28-2)12-15(13-20(14)29-3)21(25)24-10-8-17(9-11-24)23-30(26,27)18-6-4-16(22)5-7-18/h4-7,12-13,17,23H,8-11H2,1-3H3. The van der Waals surface area contributed by atoms with Gasteiger partial charge in [-0.3, -0.25) is 4.79 Å². The van der Waals surface area contributed by atoms with Crippen LogP contribution in [0.2, 0.25) is 0 Å². The maximum atomic E-state index is 13.0. The first-order valence-electron chi connectivity index (χ1n) is 9.55. The van der Waals surface area contributed by atoms with Crippen LogP contribution in [0.25, 0.3) is 0 Å². The molecule has 7 nitrogen and oxygen atoms in total. The van der Waals surface area contributed by atoms with Gasteiger partial charge in [0, 0.05) is 30.3 Å². The van der Waals surface area contributed by atoms with E-state index in [2.05, 4.69) is 4.72 Å². The average molecular weight is 437 g/mol. The average Bonchev–Trinajstić information content (AvgIpc) is 2.74. The predicted molar refractivity (Wildman–Crippen MR) is 110 cm³/mol. The molecule has 1 aliphatic rings. The van der Waals surface area contributed by atoms with Crippen LogP contribution in [0.1, 0.15) is 28.8 Å². The Labute approximate surface area is 175 Å². The number of likely N-dealkylation sites (tertiary alicyclic amines) is 1. The van der Waals surface area contributed by atoms with E-state index in [9.17, 15) is 17.6 Å². The monoisotopic (exact) mass is 436 g/mol. The van der Waals surface area contributed by atoms with Gasteiger partial charge in [-0.25, -0.2) is 17.5 Å². The number of rotatable bonds is 6. The molecule has 1 amide bonds. The molecule has 0 aliphatic carbocycles. The topological polar surface area (TPSA) is 84.9 Å². The number of carbonyl (C=O) groups is 1. The number of halogens is 1. The number of piperidine rings is 1. The highest BCUT2D eigenvalue weighted by Gasteiger charge is 2.28. The fourth-order valence-corrected chi connectivity index (χ4v) is 4.80. The minimum atomic E-state index is -3.74. The normalized spacial score (nSPS) is 15.1. The van der Waals surface area contributed by atoms with Crippen molar-refractivity contribution in [2.45, 2.75) is 30.7 Å². The number of benzene rings is 2. The summed E-state index contributed by atoms with van der Waals surface area (Å²) in [6, 6.07) is 7.75. The summed E-state index contributed by atoms with van der Waals surface area (Å²) in [5.41, 5.74) is 1.27. The smallest absolute Gasteiger partial charge is 0.254 e. The van der Waals surface area contributed by atoms with Gasteiger partial charge in [-0.2, -0.15) is 0 Å². The summed E-state index contributed by atoms with van der Waals surface area (Å²) in [6.07, 6.45) is 0.957. The van der Waals surface area contributed by atoms with E-state index in [-0.39, 0.29) is 16.8 Å². The van der Waals surface area contributed by atoms with Crippen molar-refractivity contribution in [1.82, 2.24) is 9.62 Å². The molecular formula is C21H25FN2O5S. The molecule has 1 saturated heterocycles.